The molecule has 0 N–H and O–H groups in total. The third kappa shape index (κ3) is 3.71. The van der Waals surface area contributed by atoms with E-state index in [-0.39, 0.29) is 5.82 Å². The maximum Gasteiger partial charge on any atom is 0.211 e. The molecule has 1 fully saturated rings. The SMILES string of the molecule is CS(=O)(=O)N1CCN(Cc2nc3cccnc3n2-c2ccc(F)cc2)CC1. The van der Waals surface area contributed by atoms with Crippen molar-refractivity contribution in [1.82, 2.24) is 23.7 Å². The van der Waals surface area contributed by atoms with Crippen molar-refractivity contribution in [3.63, 3.8) is 0 Å². The number of halogens is 1. The van der Waals surface area contributed by atoms with E-state index in [0.29, 0.717) is 38.4 Å². The molecule has 0 aliphatic carbocycles. The molecule has 1 aromatic carbocycles. The standard InChI is InChI=1S/C18H20FN5O2S/c1-27(25,26)23-11-9-22(10-12-23)13-17-21-16-3-2-8-20-18(16)24(17)15-6-4-14(19)5-7-15/h2-8H,9-13H2,1H3. The molecular weight excluding hydrogens is 369 g/mol. The van der Waals surface area contributed by atoms with E-state index in [2.05, 4.69) is 9.88 Å². The second kappa shape index (κ2) is 6.99. The van der Waals surface area contributed by atoms with E-state index in [1.54, 1.807) is 18.3 Å². The zero-order valence-corrected chi connectivity index (χ0v) is 15.7. The van der Waals surface area contributed by atoms with Gasteiger partial charge in [-0.05, 0) is 36.4 Å². The predicted octanol–water partition coefficient (Wildman–Crippen LogP) is 1.64. The molecule has 142 valence electrons. The molecule has 0 amide bonds. The number of imidazole rings is 1. The number of hydrogen-bond acceptors (Lipinski definition) is 5. The van der Waals surface area contributed by atoms with E-state index in [0.717, 1.165) is 17.0 Å². The largest absolute Gasteiger partial charge is 0.293 e. The van der Waals surface area contributed by atoms with Crippen LogP contribution in [0, 0.1) is 5.82 Å². The molecule has 0 saturated carbocycles. The van der Waals surface area contributed by atoms with Gasteiger partial charge in [0.1, 0.15) is 17.2 Å². The number of piperazine rings is 1. The topological polar surface area (TPSA) is 71.3 Å². The first kappa shape index (κ1) is 18.0. The van der Waals surface area contributed by atoms with Crippen LogP contribution in [0.1, 0.15) is 5.82 Å². The Bertz CT molecular complexity index is 1060. The fraction of sp³-hybridized carbons (Fsp3) is 0.333. The fourth-order valence-corrected chi connectivity index (χ4v) is 4.17. The Morgan fingerprint density at radius 3 is 2.44 bits per heavy atom. The molecule has 2 aromatic heterocycles. The molecule has 3 heterocycles. The molecule has 3 aromatic rings. The number of hydrogen-bond donors (Lipinski definition) is 0. The van der Waals surface area contributed by atoms with Gasteiger partial charge in [0, 0.05) is 38.1 Å². The van der Waals surface area contributed by atoms with E-state index in [1.807, 2.05) is 16.7 Å². The van der Waals surface area contributed by atoms with Gasteiger partial charge in [0.05, 0.1) is 12.8 Å². The van der Waals surface area contributed by atoms with Crippen molar-refractivity contribution >= 4 is 21.2 Å². The van der Waals surface area contributed by atoms with Crippen LogP contribution in [-0.4, -0.2) is 64.6 Å². The normalized spacial score (nSPS) is 16.8. The van der Waals surface area contributed by atoms with E-state index in [1.165, 1.54) is 22.7 Å². The Labute approximate surface area is 157 Å². The first-order valence-electron chi connectivity index (χ1n) is 8.67. The van der Waals surface area contributed by atoms with Crippen LogP contribution in [0.4, 0.5) is 4.39 Å². The lowest BCUT2D eigenvalue weighted by Gasteiger charge is -2.32. The second-order valence-corrected chi connectivity index (χ2v) is 8.61. The van der Waals surface area contributed by atoms with Gasteiger partial charge in [-0.15, -0.1) is 0 Å². The maximum atomic E-state index is 13.3. The molecule has 27 heavy (non-hydrogen) atoms. The molecule has 7 nitrogen and oxygen atoms in total. The maximum absolute atomic E-state index is 13.3. The summed E-state index contributed by atoms with van der Waals surface area (Å²) < 4.78 is 40.1. The van der Waals surface area contributed by atoms with Crippen molar-refractivity contribution in [3.05, 3.63) is 54.2 Å². The highest BCUT2D eigenvalue weighted by molar-refractivity contribution is 7.88. The minimum Gasteiger partial charge on any atom is -0.293 e. The van der Waals surface area contributed by atoms with Gasteiger partial charge in [-0.2, -0.15) is 4.31 Å². The highest BCUT2D eigenvalue weighted by atomic mass is 32.2. The predicted molar refractivity (Wildman–Crippen MR) is 101 cm³/mol. The first-order chi connectivity index (χ1) is 12.9. The summed E-state index contributed by atoms with van der Waals surface area (Å²) in [6.07, 6.45) is 2.95. The summed E-state index contributed by atoms with van der Waals surface area (Å²) >= 11 is 0. The van der Waals surface area contributed by atoms with E-state index >= 15 is 0 Å². The minimum atomic E-state index is -3.16. The Morgan fingerprint density at radius 2 is 1.78 bits per heavy atom. The number of nitrogens with zero attached hydrogens (tertiary/aromatic N) is 5. The third-order valence-corrected chi connectivity index (χ3v) is 6.04. The van der Waals surface area contributed by atoms with Crippen LogP contribution in [0.15, 0.2) is 42.6 Å². The molecule has 0 unspecified atom stereocenters. The number of aromatic nitrogens is 3. The lowest BCUT2D eigenvalue weighted by molar-refractivity contribution is 0.178. The summed E-state index contributed by atoms with van der Waals surface area (Å²) in [7, 11) is -3.16. The number of pyridine rings is 1. The molecule has 0 bridgehead atoms. The van der Waals surface area contributed by atoms with Gasteiger partial charge in [0.25, 0.3) is 0 Å². The molecule has 0 spiro atoms. The van der Waals surface area contributed by atoms with Crippen LogP contribution in [-0.2, 0) is 16.6 Å². The van der Waals surface area contributed by atoms with Crippen molar-refractivity contribution in [2.45, 2.75) is 6.54 Å². The summed E-state index contributed by atoms with van der Waals surface area (Å²) in [5.41, 5.74) is 2.28. The number of rotatable bonds is 4. The second-order valence-electron chi connectivity index (χ2n) is 6.62. The van der Waals surface area contributed by atoms with E-state index < -0.39 is 10.0 Å². The number of benzene rings is 1. The van der Waals surface area contributed by atoms with Gasteiger partial charge >= 0.3 is 0 Å². The highest BCUT2D eigenvalue weighted by Crippen LogP contribution is 2.22. The van der Waals surface area contributed by atoms with Gasteiger partial charge < -0.3 is 0 Å². The molecule has 0 atom stereocenters. The van der Waals surface area contributed by atoms with E-state index in [4.69, 9.17) is 4.98 Å². The van der Waals surface area contributed by atoms with Crippen molar-refractivity contribution in [2.75, 3.05) is 32.4 Å². The summed E-state index contributed by atoms with van der Waals surface area (Å²) in [5, 5.41) is 0. The Hall–Kier alpha value is -2.36. The summed E-state index contributed by atoms with van der Waals surface area (Å²) in [4.78, 5) is 11.3. The smallest absolute Gasteiger partial charge is 0.211 e. The fourth-order valence-electron chi connectivity index (χ4n) is 3.35. The highest BCUT2D eigenvalue weighted by Gasteiger charge is 2.25. The molecule has 4 rings (SSSR count). The number of fused-ring (bicyclic) bond motifs is 1. The quantitative estimate of drug-likeness (QED) is 0.678. The zero-order valence-electron chi connectivity index (χ0n) is 14.9. The zero-order chi connectivity index (χ0) is 19.0. The van der Waals surface area contributed by atoms with Gasteiger partial charge in [-0.1, -0.05) is 0 Å². The lowest BCUT2D eigenvalue weighted by atomic mass is 10.3. The summed E-state index contributed by atoms with van der Waals surface area (Å²) in [6.45, 7) is 2.76. The van der Waals surface area contributed by atoms with Crippen molar-refractivity contribution in [3.8, 4) is 5.69 Å². The minimum absolute atomic E-state index is 0.297. The summed E-state index contributed by atoms with van der Waals surface area (Å²) in [5.74, 6) is 0.498. The van der Waals surface area contributed by atoms with Crippen LogP contribution in [0.5, 0.6) is 0 Å². The van der Waals surface area contributed by atoms with Crippen LogP contribution in [0.2, 0.25) is 0 Å². The molecular formula is C18H20FN5O2S. The van der Waals surface area contributed by atoms with Gasteiger partial charge in [0.15, 0.2) is 5.65 Å². The van der Waals surface area contributed by atoms with Crippen molar-refractivity contribution in [2.24, 2.45) is 0 Å². The van der Waals surface area contributed by atoms with Crippen LogP contribution < -0.4 is 0 Å². The average Bonchev–Trinajstić information content (AvgIpc) is 3.00. The molecule has 1 aliphatic rings. The number of sulfonamides is 1. The van der Waals surface area contributed by atoms with Crippen molar-refractivity contribution < 1.29 is 12.8 Å². The van der Waals surface area contributed by atoms with Gasteiger partial charge in [0.2, 0.25) is 10.0 Å². The molecule has 9 heteroatoms. The average molecular weight is 389 g/mol. The summed E-state index contributed by atoms with van der Waals surface area (Å²) in [6, 6.07) is 9.97. The third-order valence-electron chi connectivity index (χ3n) is 4.74. The first-order valence-corrected chi connectivity index (χ1v) is 10.5. The molecule has 0 radical (unpaired) electrons. The van der Waals surface area contributed by atoms with Crippen molar-refractivity contribution in [1.29, 1.82) is 0 Å². The molecule has 1 saturated heterocycles. The lowest BCUT2D eigenvalue weighted by Crippen LogP contribution is -2.48. The van der Waals surface area contributed by atoms with Crippen LogP contribution in [0.25, 0.3) is 16.9 Å². The van der Waals surface area contributed by atoms with Gasteiger partial charge in [-0.25, -0.2) is 22.8 Å². The van der Waals surface area contributed by atoms with Crippen LogP contribution in [0.3, 0.4) is 0 Å². The molecule has 1 aliphatic heterocycles. The monoisotopic (exact) mass is 389 g/mol. The Kier molecular flexibility index (Phi) is 4.67. The Morgan fingerprint density at radius 1 is 1.07 bits per heavy atom. The van der Waals surface area contributed by atoms with Crippen LogP contribution >= 0.6 is 0 Å². The Balaban J connectivity index is 1.64. The van der Waals surface area contributed by atoms with Gasteiger partial charge in [-0.3, -0.25) is 9.47 Å². The van der Waals surface area contributed by atoms with E-state index in [9.17, 15) is 12.8 Å².